The molecule has 0 aliphatic rings. The Morgan fingerprint density at radius 2 is 1.74 bits per heavy atom. The molecule has 2 aromatic carbocycles. The van der Waals surface area contributed by atoms with E-state index < -0.39 is 16.0 Å². The van der Waals surface area contributed by atoms with Crippen molar-refractivity contribution in [1.82, 2.24) is 4.72 Å². The highest BCUT2D eigenvalue weighted by atomic mass is 35.5. The van der Waals surface area contributed by atoms with Crippen molar-refractivity contribution < 1.29 is 17.9 Å². The van der Waals surface area contributed by atoms with Crippen LogP contribution < -0.4 is 4.72 Å². The summed E-state index contributed by atoms with van der Waals surface area (Å²) in [6, 6.07) is 10.5. The Bertz CT molecular complexity index is 817. The summed E-state index contributed by atoms with van der Waals surface area (Å²) in [5, 5.41) is 0.772. The fourth-order valence-electron chi connectivity index (χ4n) is 1.80. The van der Waals surface area contributed by atoms with E-state index in [4.69, 9.17) is 27.9 Å². The number of hydrogen-bond donors (Lipinski definition) is 1. The highest BCUT2D eigenvalue weighted by molar-refractivity contribution is 7.89. The predicted molar refractivity (Wildman–Crippen MR) is 88.3 cm³/mol. The van der Waals surface area contributed by atoms with Crippen LogP contribution >= 0.6 is 23.2 Å². The Kier molecular flexibility index (Phi) is 5.64. The van der Waals surface area contributed by atoms with Gasteiger partial charge in [0.1, 0.15) is 6.61 Å². The molecule has 0 atom stereocenters. The SMILES string of the molecule is CNS(=O)(=O)c1cccc(C(=O)OCc2c(Cl)cccc2Cl)c1. The van der Waals surface area contributed by atoms with Crippen LogP contribution in [0.15, 0.2) is 47.4 Å². The van der Waals surface area contributed by atoms with E-state index in [0.717, 1.165) is 0 Å². The largest absolute Gasteiger partial charge is 0.457 e. The van der Waals surface area contributed by atoms with Crippen LogP contribution in [0.5, 0.6) is 0 Å². The van der Waals surface area contributed by atoms with Crippen molar-refractivity contribution in [3.05, 3.63) is 63.6 Å². The van der Waals surface area contributed by atoms with Crippen molar-refractivity contribution in [2.75, 3.05) is 7.05 Å². The molecule has 0 heterocycles. The fourth-order valence-corrected chi connectivity index (χ4v) is 3.08. The van der Waals surface area contributed by atoms with Crippen molar-refractivity contribution >= 4 is 39.2 Å². The number of ether oxygens (including phenoxy) is 1. The van der Waals surface area contributed by atoms with E-state index in [1.54, 1.807) is 18.2 Å². The summed E-state index contributed by atoms with van der Waals surface area (Å²) in [5.41, 5.74) is 0.604. The van der Waals surface area contributed by atoms with E-state index in [1.807, 2.05) is 0 Å². The molecule has 1 N–H and O–H groups in total. The second kappa shape index (κ2) is 7.31. The molecule has 5 nitrogen and oxygen atoms in total. The summed E-state index contributed by atoms with van der Waals surface area (Å²) in [6.45, 7) is -0.111. The number of carbonyl (C=O) groups is 1. The second-order valence-corrected chi connectivity index (χ2v) is 7.21. The van der Waals surface area contributed by atoms with E-state index in [1.165, 1.54) is 31.3 Å². The van der Waals surface area contributed by atoms with Crippen LogP contribution in [-0.2, 0) is 21.4 Å². The average Bonchev–Trinajstić information content (AvgIpc) is 2.54. The fraction of sp³-hybridized carbons (Fsp3) is 0.133. The summed E-state index contributed by atoms with van der Waals surface area (Å²) < 4.78 is 30.8. The van der Waals surface area contributed by atoms with Crippen LogP contribution in [0.25, 0.3) is 0 Å². The van der Waals surface area contributed by atoms with Crippen molar-refractivity contribution in [3.63, 3.8) is 0 Å². The third-order valence-corrected chi connectivity index (χ3v) is 5.18. The molecule has 0 aromatic heterocycles. The summed E-state index contributed by atoms with van der Waals surface area (Å²) in [5.74, 6) is -0.672. The number of esters is 1. The van der Waals surface area contributed by atoms with Gasteiger partial charge < -0.3 is 4.74 Å². The Morgan fingerprint density at radius 1 is 1.13 bits per heavy atom. The van der Waals surface area contributed by atoms with Crippen LogP contribution in [-0.4, -0.2) is 21.4 Å². The van der Waals surface area contributed by atoms with Gasteiger partial charge in [-0.15, -0.1) is 0 Å². The third-order valence-electron chi connectivity index (χ3n) is 3.06. The number of sulfonamides is 1. The highest BCUT2D eigenvalue weighted by Crippen LogP contribution is 2.25. The summed E-state index contributed by atoms with van der Waals surface area (Å²) >= 11 is 12.0. The van der Waals surface area contributed by atoms with Gasteiger partial charge in [-0.1, -0.05) is 35.3 Å². The zero-order valence-corrected chi connectivity index (χ0v) is 14.4. The van der Waals surface area contributed by atoms with Gasteiger partial charge in [-0.3, -0.25) is 0 Å². The first kappa shape index (κ1) is 17.7. The van der Waals surface area contributed by atoms with E-state index in [-0.39, 0.29) is 17.1 Å². The van der Waals surface area contributed by atoms with Gasteiger partial charge in [0.05, 0.1) is 10.5 Å². The zero-order valence-electron chi connectivity index (χ0n) is 12.0. The molecular weight excluding hydrogens is 361 g/mol. The van der Waals surface area contributed by atoms with Gasteiger partial charge in [-0.2, -0.15) is 0 Å². The van der Waals surface area contributed by atoms with Crippen LogP contribution in [0.4, 0.5) is 0 Å². The maximum absolute atomic E-state index is 12.1. The average molecular weight is 374 g/mol. The number of hydrogen-bond acceptors (Lipinski definition) is 4. The topological polar surface area (TPSA) is 72.5 Å². The number of benzene rings is 2. The molecule has 0 saturated heterocycles. The molecule has 0 bridgehead atoms. The van der Waals surface area contributed by atoms with Crippen molar-refractivity contribution in [2.24, 2.45) is 0 Å². The Balaban J connectivity index is 2.17. The molecule has 0 spiro atoms. The highest BCUT2D eigenvalue weighted by Gasteiger charge is 2.16. The maximum atomic E-state index is 12.1. The van der Waals surface area contributed by atoms with Gasteiger partial charge in [0, 0.05) is 15.6 Å². The van der Waals surface area contributed by atoms with Gasteiger partial charge in [-0.25, -0.2) is 17.9 Å². The lowest BCUT2D eigenvalue weighted by atomic mass is 10.2. The minimum atomic E-state index is -3.63. The predicted octanol–water partition coefficient (Wildman–Crippen LogP) is 3.26. The molecule has 0 amide bonds. The number of halogens is 2. The minimum absolute atomic E-state index is 0.0229. The molecule has 2 aromatic rings. The third kappa shape index (κ3) is 4.23. The van der Waals surface area contributed by atoms with Crippen molar-refractivity contribution in [3.8, 4) is 0 Å². The normalized spacial score (nSPS) is 11.3. The quantitative estimate of drug-likeness (QED) is 0.816. The Hall–Kier alpha value is -1.60. The van der Waals surface area contributed by atoms with Gasteiger partial charge in [0.15, 0.2) is 0 Å². The standard InChI is InChI=1S/C15H13Cl2NO4S/c1-18-23(20,21)11-5-2-4-10(8-11)15(19)22-9-12-13(16)6-3-7-14(12)17/h2-8,18H,9H2,1H3. The summed E-state index contributed by atoms with van der Waals surface area (Å²) in [7, 11) is -2.34. The summed E-state index contributed by atoms with van der Waals surface area (Å²) in [6.07, 6.45) is 0. The Morgan fingerprint density at radius 3 is 2.35 bits per heavy atom. The summed E-state index contributed by atoms with van der Waals surface area (Å²) in [4.78, 5) is 12.1. The van der Waals surface area contributed by atoms with Crippen molar-refractivity contribution in [2.45, 2.75) is 11.5 Å². The second-order valence-electron chi connectivity index (χ2n) is 4.51. The lowest BCUT2D eigenvalue weighted by molar-refractivity contribution is 0.0472. The van der Waals surface area contributed by atoms with E-state index in [9.17, 15) is 13.2 Å². The molecule has 23 heavy (non-hydrogen) atoms. The molecule has 8 heteroatoms. The molecule has 0 unspecified atom stereocenters. The first-order chi connectivity index (χ1) is 10.8. The van der Waals surface area contributed by atoms with Crippen LogP contribution in [0, 0.1) is 0 Å². The molecule has 2 rings (SSSR count). The molecule has 0 saturated carbocycles. The minimum Gasteiger partial charge on any atom is -0.457 e. The lowest BCUT2D eigenvalue weighted by Crippen LogP contribution is -2.19. The first-order valence-corrected chi connectivity index (χ1v) is 8.72. The van der Waals surface area contributed by atoms with Crippen molar-refractivity contribution in [1.29, 1.82) is 0 Å². The number of carbonyl (C=O) groups excluding carboxylic acids is 1. The number of rotatable bonds is 5. The molecule has 0 aliphatic carbocycles. The van der Waals surface area contributed by atoms with Crippen LogP contribution in [0.1, 0.15) is 15.9 Å². The van der Waals surface area contributed by atoms with Gasteiger partial charge in [-0.05, 0) is 37.4 Å². The molecule has 0 aliphatic heterocycles. The number of nitrogens with one attached hydrogen (secondary N) is 1. The maximum Gasteiger partial charge on any atom is 0.338 e. The zero-order chi connectivity index (χ0) is 17.0. The van der Waals surface area contributed by atoms with E-state index in [0.29, 0.717) is 15.6 Å². The Labute approximate surface area is 144 Å². The molecule has 0 fully saturated rings. The van der Waals surface area contributed by atoms with Gasteiger partial charge in [0.2, 0.25) is 10.0 Å². The van der Waals surface area contributed by atoms with E-state index >= 15 is 0 Å². The van der Waals surface area contributed by atoms with Gasteiger partial charge in [0.25, 0.3) is 0 Å². The monoisotopic (exact) mass is 373 g/mol. The van der Waals surface area contributed by atoms with Crippen LogP contribution in [0.3, 0.4) is 0 Å². The lowest BCUT2D eigenvalue weighted by Gasteiger charge is -2.09. The van der Waals surface area contributed by atoms with Crippen LogP contribution in [0.2, 0.25) is 10.0 Å². The van der Waals surface area contributed by atoms with Gasteiger partial charge >= 0.3 is 5.97 Å². The smallest absolute Gasteiger partial charge is 0.338 e. The van der Waals surface area contributed by atoms with E-state index in [2.05, 4.69) is 4.72 Å². The first-order valence-electron chi connectivity index (χ1n) is 6.49. The molecular formula is C15H13Cl2NO4S. The molecule has 122 valence electrons. The molecule has 0 radical (unpaired) electrons.